The first-order valence-electron chi connectivity index (χ1n) is 5.61. The number of piperidine rings is 1. The molecular weight excluding hydrogens is 186 g/mol. The van der Waals surface area contributed by atoms with Crippen LogP contribution in [0.2, 0.25) is 0 Å². The Kier molecular flexibility index (Phi) is 3.03. The molecule has 15 heavy (non-hydrogen) atoms. The highest BCUT2D eigenvalue weighted by atomic mass is 15.2. The SMILES string of the molecule is CN1CCCCC1(CN)c1cccnc1. The molecule has 0 radical (unpaired) electrons. The average molecular weight is 205 g/mol. The number of nitrogens with zero attached hydrogens (tertiary/aromatic N) is 2. The van der Waals surface area contributed by atoms with E-state index in [0.29, 0.717) is 6.54 Å². The molecule has 0 aliphatic carbocycles. The first-order valence-corrected chi connectivity index (χ1v) is 5.61. The number of aromatic nitrogens is 1. The molecule has 1 aromatic heterocycles. The minimum Gasteiger partial charge on any atom is -0.328 e. The molecule has 0 aromatic carbocycles. The third kappa shape index (κ3) is 1.77. The second kappa shape index (κ2) is 4.29. The summed E-state index contributed by atoms with van der Waals surface area (Å²) in [6, 6.07) is 4.14. The minimum atomic E-state index is 0.0203. The maximum absolute atomic E-state index is 5.99. The van der Waals surface area contributed by atoms with Gasteiger partial charge in [0.1, 0.15) is 0 Å². The van der Waals surface area contributed by atoms with E-state index in [-0.39, 0.29) is 5.54 Å². The summed E-state index contributed by atoms with van der Waals surface area (Å²) >= 11 is 0. The maximum atomic E-state index is 5.99. The number of hydrogen-bond donors (Lipinski definition) is 1. The van der Waals surface area contributed by atoms with Crippen LogP contribution >= 0.6 is 0 Å². The molecule has 2 rings (SSSR count). The third-order valence-electron chi connectivity index (χ3n) is 3.60. The molecule has 2 heterocycles. The zero-order chi connectivity index (χ0) is 10.7. The smallest absolute Gasteiger partial charge is 0.0596 e. The molecule has 2 N–H and O–H groups in total. The van der Waals surface area contributed by atoms with Crippen LogP contribution in [0.4, 0.5) is 0 Å². The van der Waals surface area contributed by atoms with Crippen LogP contribution in [0.3, 0.4) is 0 Å². The summed E-state index contributed by atoms with van der Waals surface area (Å²) in [5, 5.41) is 0. The number of likely N-dealkylation sites (tertiary alicyclic amines) is 1. The zero-order valence-corrected chi connectivity index (χ0v) is 9.32. The number of nitrogens with two attached hydrogens (primary N) is 1. The first kappa shape index (κ1) is 10.6. The van der Waals surface area contributed by atoms with E-state index < -0.39 is 0 Å². The lowest BCUT2D eigenvalue weighted by Gasteiger charge is -2.45. The second-order valence-corrected chi connectivity index (χ2v) is 4.36. The second-order valence-electron chi connectivity index (χ2n) is 4.36. The Labute approximate surface area is 91.3 Å². The van der Waals surface area contributed by atoms with E-state index in [1.54, 1.807) is 0 Å². The summed E-state index contributed by atoms with van der Waals surface area (Å²) in [4.78, 5) is 6.59. The number of hydrogen-bond acceptors (Lipinski definition) is 3. The Morgan fingerprint density at radius 3 is 3.00 bits per heavy atom. The van der Waals surface area contributed by atoms with Gasteiger partial charge in [-0.15, -0.1) is 0 Å². The van der Waals surface area contributed by atoms with Crippen LogP contribution in [0, 0.1) is 0 Å². The Bertz CT molecular complexity index is 312. The Hall–Kier alpha value is -0.930. The fraction of sp³-hybridized carbons (Fsp3) is 0.583. The van der Waals surface area contributed by atoms with Gasteiger partial charge in [0.2, 0.25) is 0 Å². The van der Waals surface area contributed by atoms with Crippen molar-refractivity contribution in [3.05, 3.63) is 30.1 Å². The van der Waals surface area contributed by atoms with E-state index in [9.17, 15) is 0 Å². The van der Waals surface area contributed by atoms with Gasteiger partial charge in [0.25, 0.3) is 0 Å². The van der Waals surface area contributed by atoms with E-state index in [2.05, 4.69) is 23.0 Å². The molecule has 1 fully saturated rings. The highest BCUT2D eigenvalue weighted by molar-refractivity contribution is 5.22. The topological polar surface area (TPSA) is 42.1 Å². The zero-order valence-electron chi connectivity index (χ0n) is 9.32. The molecule has 0 amide bonds. The Morgan fingerprint density at radius 1 is 1.53 bits per heavy atom. The predicted octanol–water partition coefficient (Wildman–Crippen LogP) is 1.35. The largest absolute Gasteiger partial charge is 0.328 e. The van der Waals surface area contributed by atoms with Crippen molar-refractivity contribution in [1.82, 2.24) is 9.88 Å². The van der Waals surface area contributed by atoms with Crippen LogP contribution in [0.1, 0.15) is 24.8 Å². The normalized spacial score (nSPS) is 27.9. The Balaban J connectivity index is 2.35. The fourth-order valence-electron chi connectivity index (χ4n) is 2.55. The van der Waals surface area contributed by atoms with Gasteiger partial charge in [-0.1, -0.05) is 6.07 Å². The Morgan fingerprint density at radius 2 is 2.40 bits per heavy atom. The summed E-state index contributed by atoms with van der Waals surface area (Å²) in [7, 11) is 2.17. The van der Waals surface area contributed by atoms with Crippen molar-refractivity contribution in [2.45, 2.75) is 24.8 Å². The van der Waals surface area contributed by atoms with Crippen molar-refractivity contribution in [3.63, 3.8) is 0 Å². The summed E-state index contributed by atoms with van der Waals surface area (Å²) in [6.07, 6.45) is 7.45. The molecule has 1 aromatic rings. The van der Waals surface area contributed by atoms with E-state index >= 15 is 0 Å². The molecular formula is C12H19N3. The van der Waals surface area contributed by atoms with Crippen LogP contribution in [0.15, 0.2) is 24.5 Å². The third-order valence-corrected chi connectivity index (χ3v) is 3.60. The molecule has 1 unspecified atom stereocenters. The molecule has 1 saturated heterocycles. The minimum absolute atomic E-state index is 0.0203. The van der Waals surface area contributed by atoms with Crippen molar-refractivity contribution in [3.8, 4) is 0 Å². The molecule has 1 atom stereocenters. The lowest BCUT2D eigenvalue weighted by molar-refractivity contribution is 0.0781. The molecule has 0 saturated carbocycles. The average Bonchev–Trinajstić information content (AvgIpc) is 2.31. The molecule has 3 heteroatoms. The number of likely N-dealkylation sites (N-methyl/N-ethyl adjacent to an activating group) is 1. The van der Waals surface area contributed by atoms with Crippen LogP contribution in [0.5, 0.6) is 0 Å². The van der Waals surface area contributed by atoms with Gasteiger partial charge in [0, 0.05) is 18.9 Å². The first-order chi connectivity index (χ1) is 7.29. The van der Waals surface area contributed by atoms with Crippen molar-refractivity contribution in [1.29, 1.82) is 0 Å². The van der Waals surface area contributed by atoms with Crippen molar-refractivity contribution >= 4 is 0 Å². The highest BCUT2D eigenvalue weighted by Crippen LogP contribution is 2.35. The van der Waals surface area contributed by atoms with Gasteiger partial charge < -0.3 is 5.73 Å². The molecule has 0 bridgehead atoms. The van der Waals surface area contributed by atoms with E-state index in [4.69, 9.17) is 5.73 Å². The van der Waals surface area contributed by atoms with Gasteiger partial charge in [-0.2, -0.15) is 0 Å². The van der Waals surface area contributed by atoms with Gasteiger partial charge in [0.15, 0.2) is 0 Å². The van der Waals surface area contributed by atoms with Gasteiger partial charge >= 0.3 is 0 Å². The quantitative estimate of drug-likeness (QED) is 0.792. The van der Waals surface area contributed by atoms with E-state index in [0.717, 1.165) is 13.0 Å². The van der Waals surface area contributed by atoms with Gasteiger partial charge in [-0.3, -0.25) is 9.88 Å². The van der Waals surface area contributed by atoms with Gasteiger partial charge in [-0.25, -0.2) is 0 Å². The van der Waals surface area contributed by atoms with Crippen LogP contribution in [-0.2, 0) is 5.54 Å². The van der Waals surface area contributed by atoms with E-state index in [1.807, 2.05) is 18.5 Å². The summed E-state index contributed by atoms with van der Waals surface area (Å²) < 4.78 is 0. The summed E-state index contributed by atoms with van der Waals surface area (Å²) in [5.41, 5.74) is 7.27. The van der Waals surface area contributed by atoms with Crippen molar-refractivity contribution in [2.75, 3.05) is 20.1 Å². The predicted molar refractivity (Wildman–Crippen MR) is 61.5 cm³/mol. The lowest BCUT2D eigenvalue weighted by atomic mass is 9.81. The molecule has 3 nitrogen and oxygen atoms in total. The van der Waals surface area contributed by atoms with Crippen LogP contribution in [0.25, 0.3) is 0 Å². The number of rotatable bonds is 2. The summed E-state index contributed by atoms with van der Waals surface area (Å²) in [6.45, 7) is 1.81. The summed E-state index contributed by atoms with van der Waals surface area (Å²) in [5.74, 6) is 0. The monoisotopic (exact) mass is 205 g/mol. The van der Waals surface area contributed by atoms with Gasteiger partial charge in [0.05, 0.1) is 5.54 Å². The molecule has 1 aliphatic rings. The molecule has 1 aliphatic heterocycles. The molecule has 82 valence electrons. The van der Waals surface area contributed by atoms with Crippen LogP contribution < -0.4 is 5.73 Å². The van der Waals surface area contributed by atoms with Crippen molar-refractivity contribution in [2.24, 2.45) is 5.73 Å². The van der Waals surface area contributed by atoms with Crippen molar-refractivity contribution < 1.29 is 0 Å². The van der Waals surface area contributed by atoms with Gasteiger partial charge in [-0.05, 0) is 44.5 Å². The van der Waals surface area contributed by atoms with E-state index in [1.165, 1.54) is 18.4 Å². The number of pyridine rings is 1. The standard InChI is InChI=1S/C12H19N3/c1-15-8-3-2-6-12(15,10-13)11-5-4-7-14-9-11/h4-5,7,9H,2-3,6,8,10,13H2,1H3. The fourth-order valence-corrected chi connectivity index (χ4v) is 2.55. The highest BCUT2D eigenvalue weighted by Gasteiger charge is 2.36. The van der Waals surface area contributed by atoms with Crippen LogP contribution in [-0.4, -0.2) is 30.0 Å². The lowest BCUT2D eigenvalue weighted by Crippen LogP contribution is -2.52. The maximum Gasteiger partial charge on any atom is 0.0596 e. The molecule has 0 spiro atoms.